The van der Waals surface area contributed by atoms with E-state index in [1.54, 1.807) is 0 Å². The van der Waals surface area contributed by atoms with Gasteiger partial charge in [-0.2, -0.15) is 4.99 Å². The molecule has 0 radical (unpaired) electrons. The Kier molecular flexibility index (Phi) is 4.47. The molecule has 1 aromatic rings. The monoisotopic (exact) mass is 213 g/mol. The fourth-order valence-corrected chi connectivity index (χ4v) is 1.01. The molecule has 0 aliphatic rings. The van der Waals surface area contributed by atoms with E-state index in [0.29, 0.717) is 12.5 Å². The molecule has 0 N–H and O–H groups in total. The molecule has 1 rings (SSSR count). The highest BCUT2D eigenvalue weighted by molar-refractivity contribution is 7.78. The van der Waals surface area contributed by atoms with Crippen LogP contribution < -0.4 is 4.74 Å². The van der Waals surface area contributed by atoms with E-state index >= 15 is 0 Å². The van der Waals surface area contributed by atoms with E-state index in [0.717, 1.165) is 11.4 Å². The Morgan fingerprint density at radius 2 is 2.08 bits per heavy atom. The van der Waals surface area contributed by atoms with Crippen LogP contribution in [0.5, 0.6) is 5.75 Å². The first-order valence-electron chi connectivity index (χ1n) is 3.73. The second-order valence-electron chi connectivity index (χ2n) is 2.23. The van der Waals surface area contributed by atoms with Crippen LogP contribution in [-0.2, 0) is 0 Å². The van der Waals surface area contributed by atoms with E-state index < -0.39 is 0 Å². The third-order valence-electron chi connectivity index (χ3n) is 1.36. The largest absolute Gasteiger partial charge is 0.492 e. The van der Waals surface area contributed by atoms with E-state index in [9.17, 15) is 0 Å². The quantitative estimate of drug-likeness (QED) is 0.436. The fourth-order valence-electron chi connectivity index (χ4n) is 0.826. The molecule has 0 heterocycles. The molecule has 0 aliphatic heterocycles. The standard InChI is InChI=1S/C9H8ClNOS/c10-5-6-12-9-3-1-8(2-4-9)11-7-13/h1-4H,5-6H2. The Labute approximate surface area is 87.2 Å². The number of hydrogen-bond acceptors (Lipinski definition) is 3. The van der Waals surface area contributed by atoms with Crippen molar-refractivity contribution in [3.8, 4) is 5.75 Å². The molecule has 0 aliphatic carbocycles. The number of halogens is 1. The maximum Gasteiger partial charge on any atom is 0.119 e. The van der Waals surface area contributed by atoms with Gasteiger partial charge in [-0.3, -0.25) is 0 Å². The molecular formula is C9H8ClNOS. The van der Waals surface area contributed by atoms with Crippen LogP contribution in [0.3, 0.4) is 0 Å². The summed E-state index contributed by atoms with van der Waals surface area (Å²) in [7, 11) is 0. The number of isothiocyanates is 1. The molecule has 0 saturated carbocycles. The molecule has 68 valence electrons. The van der Waals surface area contributed by atoms with Gasteiger partial charge in [0.05, 0.1) is 16.7 Å². The summed E-state index contributed by atoms with van der Waals surface area (Å²) in [6.45, 7) is 0.511. The lowest BCUT2D eigenvalue weighted by atomic mass is 10.3. The van der Waals surface area contributed by atoms with Crippen LogP contribution in [0, 0.1) is 0 Å². The molecule has 0 amide bonds. The van der Waals surface area contributed by atoms with E-state index in [2.05, 4.69) is 22.4 Å². The summed E-state index contributed by atoms with van der Waals surface area (Å²) in [6, 6.07) is 7.25. The van der Waals surface area contributed by atoms with Crippen molar-refractivity contribution < 1.29 is 4.74 Å². The van der Waals surface area contributed by atoms with Crippen LogP contribution in [0.2, 0.25) is 0 Å². The summed E-state index contributed by atoms with van der Waals surface area (Å²) < 4.78 is 5.27. The Morgan fingerprint density at radius 1 is 1.38 bits per heavy atom. The minimum Gasteiger partial charge on any atom is -0.492 e. The third-order valence-corrected chi connectivity index (χ3v) is 1.60. The number of nitrogens with zero attached hydrogens (tertiary/aromatic N) is 1. The number of hydrogen-bond donors (Lipinski definition) is 0. The molecule has 4 heteroatoms. The topological polar surface area (TPSA) is 21.6 Å². The SMILES string of the molecule is S=C=Nc1ccc(OCCCl)cc1. The summed E-state index contributed by atoms with van der Waals surface area (Å²) in [5, 5.41) is 2.29. The predicted molar refractivity (Wildman–Crippen MR) is 57.3 cm³/mol. The Morgan fingerprint density at radius 3 is 2.62 bits per heavy atom. The van der Waals surface area contributed by atoms with Crippen molar-refractivity contribution in [2.45, 2.75) is 0 Å². The van der Waals surface area contributed by atoms with Crippen LogP contribution in [0.15, 0.2) is 29.3 Å². The summed E-state index contributed by atoms with van der Waals surface area (Å²) in [5.41, 5.74) is 0.772. The molecule has 0 saturated heterocycles. The molecule has 13 heavy (non-hydrogen) atoms. The number of ether oxygens (including phenoxy) is 1. The van der Waals surface area contributed by atoms with Crippen molar-refractivity contribution in [1.82, 2.24) is 0 Å². The van der Waals surface area contributed by atoms with Crippen molar-refractivity contribution >= 4 is 34.7 Å². The highest BCUT2D eigenvalue weighted by Crippen LogP contribution is 2.17. The zero-order chi connectivity index (χ0) is 9.52. The summed E-state index contributed by atoms with van der Waals surface area (Å²) >= 11 is 9.94. The average Bonchev–Trinajstić information content (AvgIpc) is 2.17. The first-order valence-corrected chi connectivity index (χ1v) is 4.68. The van der Waals surface area contributed by atoms with Gasteiger partial charge in [-0.25, -0.2) is 0 Å². The number of alkyl halides is 1. The lowest BCUT2D eigenvalue weighted by Gasteiger charge is -2.02. The zero-order valence-electron chi connectivity index (χ0n) is 6.87. The first-order chi connectivity index (χ1) is 6.36. The van der Waals surface area contributed by atoms with Crippen molar-refractivity contribution in [2.24, 2.45) is 4.99 Å². The summed E-state index contributed by atoms with van der Waals surface area (Å²) in [5.74, 6) is 1.27. The van der Waals surface area contributed by atoms with Gasteiger partial charge in [-0.15, -0.1) is 11.6 Å². The van der Waals surface area contributed by atoms with E-state index in [-0.39, 0.29) is 0 Å². The Balaban J connectivity index is 2.63. The van der Waals surface area contributed by atoms with E-state index in [4.69, 9.17) is 16.3 Å². The second kappa shape index (κ2) is 5.70. The molecule has 0 bridgehead atoms. The first kappa shape index (κ1) is 10.2. The van der Waals surface area contributed by atoms with Gasteiger partial charge in [-0.1, -0.05) is 0 Å². The Bertz CT molecular complexity index is 306. The van der Waals surface area contributed by atoms with Gasteiger partial charge in [0.1, 0.15) is 12.4 Å². The van der Waals surface area contributed by atoms with Crippen LogP contribution in [0.1, 0.15) is 0 Å². The Hall–Kier alpha value is -0.890. The van der Waals surface area contributed by atoms with Gasteiger partial charge < -0.3 is 4.74 Å². The average molecular weight is 214 g/mol. The van der Waals surface area contributed by atoms with Gasteiger partial charge in [0, 0.05) is 0 Å². The van der Waals surface area contributed by atoms with Gasteiger partial charge >= 0.3 is 0 Å². The molecular weight excluding hydrogens is 206 g/mol. The third kappa shape index (κ3) is 3.55. The lowest BCUT2D eigenvalue weighted by molar-refractivity contribution is 0.343. The number of benzene rings is 1. The minimum atomic E-state index is 0.486. The van der Waals surface area contributed by atoms with Crippen LogP contribution in [-0.4, -0.2) is 17.6 Å². The maximum absolute atomic E-state index is 5.47. The summed E-state index contributed by atoms with van der Waals surface area (Å²) in [4.78, 5) is 3.81. The van der Waals surface area contributed by atoms with Crippen molar-refractivity contribution in [3.05, 3.63) is 24.3 Å². The number of rotatable bonds is 4. The number of aliphatic imine (C=N–C) groups is 1. The highest BCUT2D eigenvalue weighted by atomic mass is 35.5. The fraction of sp³-hybridized carbons (Fsp3) is 0.222. The lowest BCUT2D eigenvalue weighted by Crippen LogP contribution is -1.97. The molecule has 0 unspecified atom stereocenters. The second-order valence-corrected chi connectivity index (χ2v) is 2.79. The van der Waals surface area contributed by atoms with Gasteiger partial charge in [-0.05, 0) is 36.5 Å². The van der Waals surface area contributed by atoms with E-state index in [1.165, 1.54) is 0 Å². The molecule has 2 nitrogen and oxygen atoms in total. The molecule has 0 spiro atoms. The molecule has 1 aromatic carbocycles. The van der Waals surface area contributed by atoms with Crippen molar-refractivity contribution in [3.63, 3.8) is 0 Å². The van der Waals surface area contributed by atoms with Gasteiger partial charge in [0.2, 0.25) is 0 Å². The van der Waals surface area contributed by atoms with Crippen LogP contribution in [0.4, 0.5) is 5.69 Å². The highest BCUT2D eigenvalue weighted by Gasteiger charge is 1.92. The van der Waals surface area contributed by atoms with Crippen molar-refractivity contribution in [2.75, 3.05) is 12.5 Å². The molecule has 0 fully saturated rings. The summed E-state index contributed by atoms with van der Waals surface area (Å²) in [6.07, 6.45) is 0. The van der Waals surface area contributed by atoms with Gasteiger partial charge in [0.25, 0.3) is 0 Å². The molecule has 0 aromatic heterocycles. The maximum atomic E-state index is 5.47. The number of thiocarbonyl (C=S) groups is 1. The smallest absolute Gasteiger partial charge is 0.119 e. The van der Waals surface area contributed by atoms with Crippen molar-refractivity contribution in [1.29, 1.82) is 0 Å². The van der Waals surface area contributed by atoms with Crippen LogP contribution in [0.25, 0.3) is 0 Å². The minimum absolute atomic E-state index is 0.486. The predicted octanol–water partition coefficient (Wildman–Crippen LogP) is 3.04. The normalized spacial score (nSPS) is 9.00. The van der Waals surface area contributed by atoms with Gasteiger partial charge in [0.15, 0.2) is 0 Å². The zero-order valence-corrected chi connectivity index (χ0v) is 8.44. The van der Waals surface area contributed by atoms with E-state index in [1.807, 2.05) is 24.3 Å². The molecule has 0 atom stereocenters. The van der Waals surface area contributed by atoms with Crippen LogP contribution >= 0.6 is 23.8 Å².